The number of nitrogens with two attached hydrogens (primary N) is 1. The normalized spacial score (nSPS) is 12.9. The molecular weight excluding hydrogens is 697 g/mol. The molecule has 0 aliphatic heterocycles. The molecule has 0 bridgehead atoms. The second-order valence-electron chi connectivity index (χ2n) is 12.4. The first-order valence-electron chi connectivity index (χ1n) is 16.8. The van der Waals surface area contributed by atoms with Gasteiger partial charge in [-0.2, -0.15) is 0 Å². The Hall–Kier alpha value is -5.85. The van der Waals surface area contributed by atoms with E-state index in [1.54, 1.807) is 24.3 Å². The lowest BCUT2D eigenvalue weighted by Crippen LogP contribution is -2.58. The quantitative estimate of drug-likeness (QED) is 0.0343. The van der Waals surface area contributed by atoms with E-state index in [2.05, 4.69) is 20.5 Å². The summed E-state index contributed by atoms with van der Waals surface area (Å²) >= 11 is 0. The van der Waals surface area contributed by atoms with Gasteiger partial charge in [0.2, 0.25) is 17.7 Å². The van der Waals surface area contributed by atoms with E-state index < -0.39 is 43.7 Å². The lowest BCUT2D eigenvalue weighted by molar-refractivity contribution is -0.133. The lowest BCUT2D eigenvalue weighted by atomic mass is 10.0. The SMILES string of the molecule is NNC(=O)[C@@H](Cc1ccc(OP(=O)(O)O)cc1)NC(=O)[C@@H](Cc1ccccc1)NC(=O)[C@@H](Cc1ccccc1)NC(=O)Cc1ccc2ccccc2c1. The molecule has 5 aromatic rings. The van der Waals surface area contributed by atoms with E-state index in [1.807, 2.05) is 84.3 Å². The fraction of sp³-hybridized carbons (Fsp3) is 0.179. The molecule has 5 rings (SSSR count). The zero-order valence-corrected chi connectivity index (χ0v) is 29.4. The number of hydrazine groups is 1. The van der Waals surface area contributed by atoms with Gasteiger partial charge in [0, 0.05) is 19.3 Å². The molecule has 4 amide bonds. The lowest BCUT2D eigenvalue weighted by Gasteiger charge is -2.25. The predicted octanol–water partition coefficient (Wildman–Crippen LogP) is 3.03. The number of fused-ring (bicyclic) bond motifs is 1. The maximum Gasteiger partial charge on any atom is 0.524 e. The van der Waals surface area contributed by atoms with Crippen molar-refractivity contribution < 1.29 is 38.1 Å². The van der Waals surface area contributed by atoms with Gasteiger partial charge in [0.25, 0.3) is 5.91 Å². The maximum atomic E-state index is 14.0. The summed E-state index contributed by atoms with van der Waals surface area (Å²) in [6, 6.07) is 33.9. The average molecular weight is 738 g/mol. The first kappa shape index (κ1) is 38.4. The minimum atomic E-state index is -4.78. The Bertz CT molecular complexity index is 2080. The predicted molar refractivity (Wildman–Crippen MR) is 199 cm³/mol. The largest absolute Gasteiger partial charge is 0.524 e. The van der Waals surface area contributed by atoms with Crippen LogP contribution in [0.25, 0.3) is 10.8 Å². The number of benzene rings is 5. The molecule has 0 radical (unpaired) electrons. The smallest absolute Gasteiger partial charge is 0.404 e. The molecule has 5 aromatic carbocycles. The zero-order chi connectivity index (χ0) is 37.8. The van der Waals surface area contributed by atoms with Crippen molar-refractivity contribution >= 4 is 42.2 Å². The fourth-order valence-corrected chi connectivity index (χ4v) is 6.21. The number of amides is 4. The molecule has 0 fully saturated rings. The summed E-state index contributed by atoms with van der Waals surface area (Å²) in [5.41, 5.74) is 4.85. The summed E-state index contributed by atoms with van der Waals surface area (Å²) in [5, 5.41) is 10.4. The van der Waals surface area contributed by atoms with Crippen molar-refractivity contribution in [3.05, 3.63) is 150 Å². The molecule has 14 heteroatoms. The van der Waals surface area contributed by atoms with E-state index in [1.165, 1.54) is 24.3 Å². The van der Waals surface area contributed by atoms with Gasteiger partial charge in [-0.1, -0.05) is 115 Å². The maximum absolute atomic E-state index is 14.0. The van der Waals surface area contributed by atoms with Gasteiger partial charge < -0.3 is 20.5 Å². The van der Waals surface area contributed by atoms with Crippen molar-refractivity contribution in [2.24, 2.45) is 5.84 Å². The van der Waals surface area contributed by atoms with Gasteiger partial charge in [0.1, 0.15) is 23.9 Å². The Morgan fingerprint density at radius 3 is 1.55 bits per heavy atom. The van der Waals surface area contributed by atoms with Crippen molar-refractivity contribution in [3.8, 4) is 5.75 Å². The number of carbonyl (C=O) groups is 4. The van der Waals surface area contributed by atoms with Crippen LogP contribution in [-0.4, -0.2) is 51.5 Å². The highest BCUT2D eigenvalue weighted by Crippen LogP contribution is 2.37. The molecule has 0 aliphatic carbocycles. The van der Waals surface area contributed by atoms with Crippen LogP contribution in [0, 0.1) is 0 Å². The molecule has 53 heavy (non-hydrogen) atoms. The van der Waals surface area contributed by atoms with E-state index in [-0.39, 0.29) is 37.3 Å². The Morgan fingerprint density at radius 2 is 1.02 bits per heavy atom. The minimum Gasteiger partial charge on any atom is -0.404 e. The average Bonchev–Trinajstić information content (AvgIpc) is 3.14. The third-order valence-corrected chi connectivity index (χ3v) is 8.84. The Labute approximate surface area is 306 Å². The molecule has 0 spiro atoms. The summed E-state index contributed by atoms with van der Waals surface area (Å²) in [4.78, 5) is 72.4. The molecule has 0 heterocycles. The van der Waals surface area contributed by atoms with Crippen LogP contribution in [0.3, 0.4) is 0 Å². The van der Waals surface area contributed by atoms with Crippen molar-refractivity contribution in [2.75, 3.05) is 0 Å². The number of hydrogen-bond donors (Lipinski definition) is 7. The molecule has 0 aromatic heterocycles. The molecule has 8 N–H and O–H groups in total. The van der Waals surface area contributed by atoms with Crippen LogP contribution < -0.4 is 31.7 Å². The van der Waals surface area contributed by atoms with Gasteiger partial charge in [-0.15, -0.1) is 0 Å². The Balaban J connectivity index is 1.35. The Kier molecular flexibility index (Phi) is 13.1. The number of hydrogen-bond acceptors (Lipinski definition) is 7. The third-order valence-electron chi connectivity index (χ3n) is 8.39. The van der Waals surface area contributed by atoms with Crippen LogP contribution in [-0.2, 0) is 49.4 Å². The monoisotopic (exact) mass is 737 g/mol. The highest BCUT2D eigenvalue weighted by Gasteiger charge is 2.30. The van der Waals surface area contributed by atoms with Crippen molar-refractivity contribution in [1.82, 2.24) is 21.4 Å². The molecule has 274 valence electrons. The van der Waals surface area contributed by atoms with Crippen molar-refractivity contribution in [2.45, 2.75) is 43.8 Å². The van der Waals surface area contributed by atoms with E-state index in [0.29, 0.717) is 5.56 Å². The highest BCUT2D eigenvalue weighted by molar-refractivity contribution is 7.46. The minimum absolute atomic E-state index is 0.0274. The van der Waals surface area contributed by atoms with E-state index >= 15 is 0 Å². The molecule has 0 aliphatic rings. The van der Waals surface area contributed by atoms with Crippen LogP contribution in [0.2, 0.25) is 0 Å². The molecule has 0 saturated heterocycles. The molecular formula is C39H40N5O8P. The number of carbonyl (C=O) groups excluding carboxylic acids is 4. The Morgan fingerprint density at radius 1 is 0.566 bits per heavy atom. The topological polar surface area (TPSA) is 209 Å². The molecule has 3 atom stereocenters. The first-order chi connectivity index (χ1) is 25.5. The number of rotatable bonds is 16. The number of phosphoric acid groups is 1. The molecule has 13 nitrogen and oxygen atoms in total. The second-order valence-corrected chi connectivity index (χ2v) is 13.6. The van der Waals surface area contributed by atoms with Crippen LogP contribution >= 0.6 is 7.82 Å². The molecule has 0 saturated carbocycles. The highest BCUT2D eigenvalue weighted by atomic mass is 31.2. The van der Waals surface area contributed by atoms with Crippen molar-refractivity contribution in [3.63, 3.8) is 0 Å². The third kappa shape index (κ3) is 11.8. The van der Waals surface area contributed by atoms with Gasteiger partial charge in [-0.05, 0) is 45.2 Å². The summed E-state index contributed by atoms with van der Waals surface area (Å²) < 4.78 is 15.8. The van der Waals surface area contributed by atoms with Crippen LogP contribution in [0.15, 0.2) is 127 Å². The van der Waals surface area contributed by atoms with Crippen LogP contribution in [0.5, 0.6) is 5.75 Å². The van der Waals surface area contributed by atoms with Gasteiger partial charge in [0.05, 0.1) is 6.42 Å². The number of nitrogens with one attached hydrogen (secondary N) is 4. The fourth-order valence-electron chi connectivity index (χ4n) is 5.81. The second kappa shape index (κ2) is 18.1. The zero-order valence-electron chi connectivity index (χ0n) is 28.6. The summed E-state index contributed by atoms with van der Waals surface area (Å²) in [6.07, 6.45) is 0.181. The van der Waals surface area contributed by atoms with Gasteiger partial charge in [0.15, 0.2) is 0 Å². The summed E-state index contributed by atoms with van der Waals surface area (Å²) in [6.45, 7) is 0. The van der Waals surface area contributed by atoms with E-state index in [0.717, 1.165) is 27.5 Å². The van der Waals surface area contributed by atoms with Crippen LogP contribution in [0.4, 0.5) is 0 Å². The van der Waals surface area contributed by atoms with E-state index in [9.17, 15) is 23.7 Å². The number of phosphoric ester groups is 1. The van der Waals surface area contributed by atoms with Gasteiger partial charge >= 0.3 is 7.82 Å². The molecule has 0 unspecified atom stereocenters. The van der Waals surface area contributed by atoms with Crippen LogP contribution in [0.1, 0.15) is 22.3 Å². The standard InChI is InChI=1S/C39H40N5O8P/c40-44-39(48)35(24-28-16-19-32(20-17-28)52-53(49,50)51)43-38(47)34(23-27-11-5-2-6-12-27)42-37(46)33(22-26-9-3-1-4-10-26)41-36(45)25-29-15-18-30-13-7-8-14-31(30)21-29/h1-21,33-35H,22-25,40H2,(H,41,45)(H,42,46)(H,43,47)(H,44,48)(H2,49,50,51)/t33-,34-,35-/m1/s1. The summed E-state index contributed by atoms with van der Waals surface area (Å²) in [7, 11) is -4.78. The van der Waals surface area contributed by atoms with Gasteiger partial charge in [-0.3, -0.25) is 34.4 Å². The van der Waals surface area contributed by atoms with Gasteiger partial charge in [-0.25, -0.2) is 10.4 Å². The first-order valence-corrected chi connectivity index (χ1v) is 18.3. The van der Waals surface area contributed by atoms with Crippen molar-refractivity contribution in [1.29, 1.82) is 0 Å². The summed E-state index contributed by atoms with van der Waals surface area (Å²) in [5.74, 6) is 2.98. The van der Waals surface area contributed by atoms with E-state index in [4.69, 9.17) is 15.6 Å².